The first kappa shape index (κ1) is 15.3. The van der Waals surface area contributed by atoms with Crippen LogP contribution in [0, 0.1) is 4.91 Å². The topological polar surface area (TPSA) is 49.7 Å². The summed E-state index contributed by atoms with van der Waals surface area (Å²) >= 11 is 0. The highest BCUT2D eigenvalue weighted by molar-refractivity contribution is 6.30. The van der Waals surface area contributed by atoms with Crippen LogP contribution in [-0.4, -0.2) is 5.91 Å². The lowest BCUT2D eigenvalue weighted by Crippen LogP contribution is -2.21. The zero-order valence-corrected chi connectivity index (χ0v) is 12.5. The summed E-state index contributed by atoms with van der Waals surface area (Å²) in [6.07, 6.45) is -4.45. The van der Waals surface area contributed by atoms with Gasteiger partial charge in [0, 0.05) is 11.1 Å². The second-order valence-electron chi connectivity index (χ2n) is 5.61. The van der Waals surface area contributed by atoms with Crippen molar-refractivity contribution < 1.29 is 18.0 Å². The van der Waals surface area contributed by atoms with E-state index in [4.69, 9.17) is 0 Å². The Kier molecular flexibility index (Phi) is 3.15. The third kappa shape index (κ3) is 2.20. The number of rotatable bonds is 2. The molecule has 0 aliphatic carbocycles. The summed E-state index contributed by atoms with van der Waals surface area (Å²) in [6, 6.07) is 12.7. The van der Waals surface area contributed by atoms with Crippen molar-refractivity contribution in [2.75, 3.05) is 4.90 Å². The first-order chi connectivity index (χ1) is 11.9. The smallest absolute Gasteiger partial charge is 0.276 e. The number of hydrogen-bond acceptors (Lipinski definition) is 3. The Morgan fingerprint density at radius 3 is 2.28 bits per heavy atom. The fourth-order valence-electron chi connectivity index (χ4n) is 3.10. The third-order valence-electron chi connectivity index (χ3n) is 4.21. The number of alkyl halides is 3. The summed E-state index contributed by atoms with van der Waals surface area (Å²) in [5.41, 5.74) is 0.192. The molecule has 0 radical (unpaired) electrons. The zero-order valence-electron chi connectivity index (χ0n) is 12.5. The summed E-state index contributed by atoms with van der Waals surface area (Å²) < 4.78 is 38.2. The fraction of sp³-hybridized carbons (Fsp3) is 0.0556. The minimum Gasteiger partial charge on any atom is -0.276 e. The quantitative estimate of drug-likeness (QED) is 0.573. The van der Waals surface area contributed by atoms with Crippen LogP contribution in [0.2, 0.25) is 0 Å². The van der Waals surface area contributed by atoms with Gasteiger partial charge in [-0.25, -0.2) is 0 Å². The largest absolute Gasteiger partial charge is 0.416 e. The Labute approximate surface area is 139 Å². The molecule has 0 saturated carbocycles. The number of benzene rings is 3. The van der Waals surface area contributed by atoms with E-state index < -0.39 is 17.6 Å². The number of carbonyl (C=O) groups excluding carboxylic acids is 1. The average Bonchev–Trinajstić information content (AvgIpc) is 2.89. The third-order valence-corrected chi connectivity index (χ3v) is 4.21. The van der Waals surface area contributed by atoms with Gasteiger partial charge in [0.1, 0.15) is 5.69 Å². The maximum absolute atomic E-state index is 12.8. The van der Waals surface area contributed by atoms with E-state index in [-0.39, 0.29) is 11.3 Å². The molecule has 1 aliphatic rings. The normalized spacial score (nSPS) is 13.6. The van der Waals surface area contributed by atoms with Crippen molar-refractivity contribution in [3.8, 4) is 0 Å². The summed E-state index contributed by atoms with van der Waals surface area (Å²) in [5, 5.41) is 4.23. The average molecular weight is 342 g/mol. The van der Waals surface area contributed by atoms with Gasteiger partial charge >= 0.3 is 6.18 Å². The van der Waals surface area contributed by atoms with E-state index in [0.717, 1.165) is 17.5 Å². The van der Waals surface area contributed by atoms with Crippen LogP contribution in [0.5, 0.6) is 0 Å². The first-order valence-corrected chi connectivity index (χ1v) is 7.32. The van der Waals surface area contributed by atoms with Gasteiger partial charge in [-0.15, -0.1) is 4.91 Å². The molecule has 0 N–H and O–H groups in total. The highest BCUT2D eigenvalue weighted by Gasteiger charge is 2.35. The number of nitrogens with zero attached hydrogens (tertiary/aromatic N) is 2. The number of hydrogen-bond donors (Lipinski definition) is 0. The molecule has 1 aliphatic heterocycles. The van der Waals surface area contributed by atoms with E-state index in [9.17, 15) is 22.9 Å². The molecule has 0 unspecified atom stereocenters. The van der Waals surface area contributed by atoms with Crippen LogP contribution >= 0.6 is 0 Å². The van der Waals surface area contributed by atoms with Gasteiger partial charge in [-0.05, 0) is 47.0 Å². The lowest BCUT2D eigenvalue weighted by molar-refractivity contribution is -0.137. The van der Waals surface area contributed by atoms with Crippen molar-refractivity contribution >= 4 is 33.7 Å². The molecule has 0 bridgehead atoms. The molecule has 124 valence electrons. The number of halogens is 3. The Bertz CT molecular complexity index is 1030. The van der Waals surface area contributed by atoms with Crippen molar-refractivity contribution in [3.63, 3.8) is 0 Å². The second kappa shape index (κ2) is 5.14. The first-order valence-electron chi connectivity index (χ1n) is 7.32. The van der Waals surface area contributed by atoms with Crippen molar-refractivity contribution in [2.45, 2.75) is 6.18 Å². The minimum atomic E-state index is -4.45. The van der Waals surface area contributed by atoms with Gasteiger partial charge < -0.3 is 0 Å². The molecule has 0 aromatic heterocycles. The molecule has 3 aromatic carbocycles. The van der Waals surface area contributed by atoms with E-state index >= 15 is 0 Å². The standard InChI is InChI=1S/C18H9F3N2O2/c19-18(20,21)11-5-7-12(8-6-11)23-14-3-1-2-10-4-9-13(22-25)16(15(10)14)17(23)24/h1-9H. The van der Waals surface area contributed by atoms with Gasteiger partial charge in [0.2, 0.25) is 0 Å². The van der Waals surface area contributed by atoms with Gasteiger partial charge in [-0.3, -0.25) is 9.69 Å². The van der Waals surface area contributed by atoms with Gasteiger partial charge in [0.15, 0.2) is 0 Å². The summed E-state index contributed by atoms with van der Waals surface area (Å²) in [7, 11) is 0. The Hall–Kier alpha value is -3.22. The fourth-order valence-corrected chi connectivity index (χ4v) is 3.10. The molecule has 4 rings (SSSR count). The molecule has 0 saturated heterocycles. The highest BCUT2D eigenvalue weighted by Crippen LogP contribution is 2.45. The molecule has 4 nitrogen and oxygen atoms in total. The number of anilines is 2. The van der Waals surface area contributed by atoms with Gasteiger partial charge in [-0.1, -0.05) is 18.2 Å². The number of carbonyl (C=O) groups is 1. The van der Waals surface area contributed by atoms with Crippen LogP contribution in [0.25, 0.3) is 10.8 Å². The van der Waals surface area contributed by atoms with Crippen molar-refractivity contribution in [3.05, 3.63) is 70.6 Å². The number of nitroso groups, excluding NO2 is 1. The molecule has 3 aromatic rings. The lowest BCUT2D eigenvalue weighted by atomic mass is 10.0. The Morgan fingerprint density at radius 1 is 0.920 bits per heavy atom. The molecule has 0 fully saturated rings. The van der Waals surface area contributed by atoms with Crippen molar-refractivity contribution in [1.29, 1.82) is 0 Å². The molecule has 1 heterocycles. The van der Waals surface area contributed by atoms with Crippen molar-refractivity contribution in [1.82, 2.24) is 0 Å². The Balaban J connectivity index is 1.90. The van der Waals surface area contributed by atoms with Gasteiger partial charge in [0.25, 0.3) is 5.91 Å². The minimum absolute atomic E-state index is 0.0133. The van der Waals surface area contributed by atoms with E-state index in [1.165, 1.54) is 23.1 Å². The highest BCUT2D eigenvalue weighted by atomic mass is 19.4. The summed E-state index contributed by atoms with van der Waals surface area (Å²) in [5.74, 6) is -0.485. The molecule has 7 heteroatoms. The van der Waals surface area contributed by atoms with E-state index in [0.29, 0.717) is 16.8 Å². The monoisotopic (exact) mass is 342 g/mol. The maximum Gasteiger partial charge on any atom is 0.416 e. The second-order valence-corrected chi connectivity index (χ2v) is 5.61. The van der Waals surface area contributed by atoms with E-state index in [2.05, 4.69) is 5.18 Å². The van der Waals surface area contributed by atoms with E-state index in [1.54, 1.807) is 24.3 Å². The number of amides is 1. The molecule has 0 atom stereocenters. The van der Waals surface area contributed by atoms with Gasteiger partial charge in [-0.2, -0.15) is 13.2 Å². The molecule has 25 heavy (non-hydrogen) atoms. The van der Waals surface area contributed by atoms with E-state index in [1.807, 2.05) is 0 Å². The lowest BCUT2D eigenvalue weighted by Gasteiger charge is -2.18. The summed E-state index contributed by atoms with van der Waals surface area (Å²) in [4.78, 5) is 25.2. The molecule has 1 amide bonds. The van der Waals surface area contributed by atoms with Crippen LogP contribution < -0.4 is 4.90 Å². The Morgan fingerprint density at radius 2 is 1.64 bits per heavy atom. The van der Waals surface area contributed by atoms with Crippen LogP contribution in [0.15, 0.2) is 59.8 Å². The molecular weight excluding hydrogens is 333 g/mol. The predicted octanol–water partition coefficient (Wildman–Crippen LogP) is 5.55. The van der Waals surface area contributed by atoms with Crippen LogP contribution in [0.1, 0.15) is 15.9 Å². The van der Waals surface area contributed by atoms with Crippen molar-refractivity contribution in [2.24, 2.45) is 5.18 Å². The predicted molar refractivity (Wildman–Crippen MR) is 87.3 cm³/mol. The maximum atomic E-state index is 12.8. The molecular formula is C18H9F3N2O2. The molecule has 0 spiro atoms. The van der Waals surface area contributed by atoms with Crippen LogP contribution in [0.3, 0.4) is 0 Å². The summed E-state index contributed by atoms with van der Waals surface area (Å²) in [6.45, 7) is 0. The zero-order chi connectivity index (χ0) is 17.8. The SMILES string of the molecule is O=Nc1ccc2cccc3c2c1C(=O)N3c1ccc(C(F)(F)F)cc1. The van der Waals surface area contributed by atoms with Crippen LogP contribution in [0.4, 0.5) is 30.2 Å². The van der Waals surface area contributed by atoms with Gasteiger partial charge in [0.05, 0.1) is 16.8 Å². The van der Waals surface area contributed by atoms with Crippen LogP contribution in [-0.2, 0) is 6.18 Å².